The second-order valence-corrected chi connectivity index (χ2v) is 5.64. The molecule has 2 aromatic carbocycles. The van der Waals surface area contributed by atoms with E-state index in [-0.39, 0.29) is 5.56 Å². The van der Waals surface area contributed by atoms with Crippen LogP contribution in [0.2, 0.25) is 0 Å². The summed E-state index contributed by atoms with van der Waals surface area (Å²) in [6.07, 6.45) is 0. The predicted molar refractivity (Wildman–Crippen MR) is 79.5 cm³/mol. The molecule has 2 rings (SSSR count). The Hall–Kier alpha value is -1.13. The smallest absolute Gasteiger partial charge is 0.163 e. The van der Waals surface area contributed by atoms with Crippen LogP contribution in [-0.4, -0.2) is 7.11 Å². The van der Waals surface area contributed by atoms with Crippen LogP contribution in [0.4, 0.5) is 8.78 Å². The second-order valence-electron chi connectivity index (χ2n) is 4.35. The first kappa shape index (κ1) is 15.3. The van der Waals surface area contributed by atoms with Gasteiger partial charge in [0.05, 0.1) is 12.5 Å². The fourth-order valence-electron chi connectivity index (χ4n) is 1.93. The van der Waals surface area contributed by atoms with Crippen LogP contribution < -0.4 is 4.74 Å². The van der Waals surface area contributed by atoms with Crippen molar-refractivity contribution in [3.8, 4) is 5.75 Å². The molecular weight excluding hydrogens is 350 g/mol. The fourth-order valence-corrected chi connectivity index (χ4v) is 2.63. The SMILES string of the molecule is COc1cc(C)c(Br)cc1C(Cl)c1cccc(F)c1F. The minimum absolute atomic E-state index is 0.0840. The van der Waals surface area contributed by atoms with Gasteiger partial charge in [-0.2, -0.15) is 0 Å². The molecule has 5 heteroatoms. The third-order valence-corrected chi connectivity index (χ3v) is 4.36. The molecule has 1 atom stereocenters. The molecule has 0 aliphatic rings. The first-order chi connectivity index (χ1) is 9.45. The summed E-state index contributed by atoms with van der Waals surface area (Å²) >= 11 is 9.71. The van der Waals surface area contributed by atoms with E-state index in [1.807, 2.05) is 6.92 Å². The van der Waals surface area contributed by atoms with Crippen molar-refractivity contribution in [2.75, 3.05) is 7.11 Å². The maximum atomic E-state index is 13.8. The fraction of sp³-hybridized carbons (Fsp3) is 0.200. The van der Waals surface area contributed by atoms with Gasteiger partial charge in [-0.1, -0.05) is 28.1 Å². The molecule has 0 saturated heterocycles. The maximum absolute atomic E-state index is 13.8. The minimum Gasteiger partial charge on any atom is -0.496 e. The molecule has 1 nitrogen and oxygen atoms in total. The lowest BCUT2D eigenvalue weighted by Gasteiger charge is -2.17. The summed E-state index contributed by atoms with van der Waals surface area (Å²) in [5.41, 5.74) is 1.63. The molecular formula is C15H12BrClF2O. The summed E-state index contributed by atoms with van der Waals surface area (Å²) in [6.45, 7) is 1.91. The zero-order valence-corrected chi connectivity index (χ0v) is 13.2. The number of alkyl halides is 1. The number of halogens is 4. The zero-order valence-electron chi connectivity index (χ0n) is 10.9. The van der Waals surface area contributed by atoms with Gasteiger partial charge in [0.25, 0.3) is 0 Å². The van der Waals surface area contributed by atoms with Crippen molar-refractivity contribution in [2.45, 2.75) is 12.3 Å². The molecule has 0 spiro atoms. The Morgan fingerprint density at radius 2 is 1.90 bits per heavy atom. The molecule has 0 aromatic heterocycles. The van der Waals surface area contributed by atoms with E-state index in [0.29, 0.717) is 11.3 Å². The minimum atomic E-state index is -0.939. The standard InChI is InChI=1S/C15H12BrClF2O/c1-8-6-13(20-2)10(7-11(8)16)14(17)9-4-3-5-12(18)15(9)19/h3-7,14H,1-2H3. The van der Waals surface area contributed by atoms with Crippen molar-refractivity contribution in [1.82, 2.24) is 0 Å². The molecule has 0 fully saturated rings. The number of hydrogen-bond donors (Lipinski definition) is 0. The summed E-state index contributed by atoms with van der Waals surface area (Å²) in [5.74, 6) is -1.32. The monoisotopic (exact) mass is 360 g/mol. The Morgan fingerprint density at radius 3 is 2.55 bits per heavy atom. The quantitative estimate of drug-likeness (QED) is 0.668. The Labute approximate surface area is 129 Å². The highest BCUT2D eigenvalue weighted by atomic mass is 79.9. The van der Waals surface area contributed by atoms with E-state index in [0.717, 1.165) is 16.1 Å². The van der Waals surface area contributed by atoms with E-state index in [1.54, 1.807) is 12.1 Å². The molecule has 0 N–H and O–H groups in total. The number of aryl methyl sites for hydroxylation is 1. The summed E-state index contributed by atoms with van der Waals surface area (Å²) in [4.78, 5) is 0. The molecule has 0 aliphatic heterocycles. The summed E-state index contributed by atoms with van der Waals surface area (Å²) in [7, 11) is 1.51. The van der Waals surface area contributed by atoms with E-state index in [2.05, 4.69) is 15.9 Å². The van der Waals surface area contributed by atoms with Crippen LogP contribution >= 0.6 is 27.5 Å². The van der Waals surface area contributed by atoms with Crippen molar-refractivity contribution in [3.63, 3.8) is 0 Å². The Kier molecular flexibility index (Phi) is 4.66. The van der Waals surface area contributed by atoms with Crippen molar-refractivity contribution in [1.29, 1.82) is 0 Å². The van der Waals surface area contributed by atoms with E-state index in [9.17, 15) is 8.78 Å². The first-order valence-corrected chi connectivity index (χ1v) is 7.10. The normalized spacial score (nSPS) is 12.3. The van der Waals surface area contributed by atoms with Crippen molar-refractivity contribution < 1.29 is 13.5 Å². The molecule has 106 valence electrons. The highest BCUT2D eigenvalue weighted by molar-refractivity contribution is 9.10. The Morgan fingerprint density at radius 1 is 1.20 bits per heavy atom. The lowest BCUT2D eigenvalue weighted by Crippen LogP contribution is -2.02. The number of benzene rings is 2. The van der Waals surface area contributed by atoms with Crippen molar-refractivity contribution in [2.24, 2.45) is 0 Å². The van der Waals surface area contributed by atoms with E-state index in [1.165, 1.54) is 19.2 Å². The Balaban J connectivity index is 2.55. The van der Waals surface area contributed by atoms with Gasteiger partial charge >= 0.3 is 0 Å². The van der Waals surface area contributed by atoms with Crippen LogP contribution in [0, 0.1) is 18.6 Å². The second kappa shape index (κ2) is 6.10. The number of hydrogen-bond acceptors (Lipinski definition) is 1. The lowest BCUT2D eigenvalue weighted by molar-refractivity contribution is 0.409. The van der Waals surface area contributed by atoms with Crippen LogP contribution in [0.5, 0.6) is 5.75 Å². The molecule has 2 aromatic rings. The molecule has 1 unspecified atom stereocenters. The molecule has 0 aliphatic carbocycles. The highest BCUT2D eigenvalue weighted by Gasteiger charge is 2.21. The molecule has 0 bridgehead atoms. The van der Waals surface area contributed by atoms with Crippen LogP contribution in [-0.2, 0) is 0 Å². The van der Waals surface area contributed by atoms with E-state index in [4.69, 9.17) is 16.3 Å². The van der Waals surface area contributed by atoms with Gasteiger partial charge in [0.1, 0.15) is 5.75 Å². The van der Waals surface area contributed by atoms with Crippen LogP contribution in [0.1, 0.15) is 22.1 Å². The third kappa shape index (κ3) is 2.81. The van der Waals surface area contributed by atoms with Crippen LogP contribution in [0.25, 0.3) is 0 Å². The van der Waals surface area contributed by atoms with Gasteiger partial charge in [-0.25, -0.2) is 8.78 Å². The van der Waals surface area contributed by atoms with Gasteiger partial charge in [-0.05, 0) is 30.7 Å². The molecule has 20 heavy (non-hydrogen) atoms. The molecule has 0 radical (unpaired) electrons. The topological polar surface area (TPSA) is 9.23 Å². The summed E-state index contributed by atoms with van der Waals surface area (Å²) in [6, 6.07) is 7.51. The van der Waals surface area contributed by atoms with Gasteiger partial charge in [0.2, 0.25) is 0 Å². The van der Waals surface area contributed by atoms with Gasteiger partial charge in [-0.15, -0.1) is 11.6 Å². The largest absolute Gasteiger partial charge is 0.496 e. The number of ether oxygens (including phenoxy) is 1. The van der Waals surface area contributed by atoms with Gasteiger partial charge in [0.15, 0.2) is 11.6 Å². The number of rotatable bonds is 3. The van der Waals surface area contributed by atoms with Crippen LogP contribution in [0.15, 0.2) is 34.8 Å². The summed E-state index contributed by atoms with van der Waals surface area (Å²) < 4.78 is 33.3. The van der Waals surface area contributed by atoms with Gasteiger partial charge in [0, 0.05) is 15.6 Å². The van der Waals surface area contributed by atoms with Crippen molar-refractivity contribution in [3.05, 3.63) is 63.1 Å². The predicted octanol–water partition coefficient (Wildman–Crippen LogP) is 5.37. The highest BCUT2D eigenvalue weighted by Crippen LogP contribution is 2.39. The average molecular weight is 362 g/mol. The Bertz CT molecular complexity index is 646. The summed E-state index contributed by atoms with van der Waals surface area (Å²) in [5, 5.41) is -0.836. The van der Waals surface area contributed by atoms with Gasteiger partial charge in [-0.3, -0.25) is 0 Å². The lowest BCUT2D eigenvalue weighted by atomic mass is 10.0. The molecule has 0 heterocycles. The first-order valence-electron chi connectivity index (χ1n) is 5.87. The third-order valence-electron chi connectivity index (χ3n) is 3.04. The van der Waals surface area contributed by atoms with Crippen LogP contribution in [0.3, 0.4) is 0 Å². The maximum Gasteiger partial charge on any atom is 0.163 e. The number of methoxy groups -OCH3 is 1. The zero-order chi connectivity index (χ0) is 14.9. The average Bonchev–Trinajstić information content (AvgIpc) is 2.43. The van der Waals surface area contributed by atoms with Gasteiger partial charge < -0.3 is 4.74 Å². The molecule has 0 amide bonds. The molecule has 0 saturated carbocycles. The van der Waals surface area contributed by atoms with E-state index >= 15 is 0 Å². The van der Waals surface area contributed by atoms with Crippen molar-refractivity contribution >= 4 is 27.5 Å². The van der Waals surface area contributed by atoms with E-state index < -0.39 is 17.0 Å².